The monoisotopic (exact) mass is 344 g/mol. The molecule has 0 heterocycles. The molecule has 8 heteroatoms. The first kappa shape index (κ1) is 21.9. The summed E-state index contributed by atoms with van der Waals surface area (Å²) in [4.78, 5) is 46.3. The Kier molecular flexibility index (Phi) is 9.68. The summed E-state index contributed by atoms with van der Waals surface area (Å²) in [5, 5.41) is 0. The molecule has 0 radical (unpaired) electrons. The highest BCUT2D eigenvalue weighted by Gasteiger charge is 2.23. The van der Waals surface area contributed by atoms with Gasteiger partial charge in [-0.2, -0.15) is 0 Å². The maximum absolute atomic E-state index is 11.7. The molecule has 0 saturated heterocycles. The average Bonchev–Trinajstić information content (AvgIpc) is 2.47. The Hall–Kier alpha value is -2.12. The van der Waals surface area contributed by atoms with Gasteiger partial charge in [0.1, 0.15) is 11.5 Å². The highest BCUT2D eigenvalue weighted by molar-refractivity contribution is 5.97. The number of hydrogen-bond acceptors (Lipinski definition) is 6. The molecule has 0 aliphatic rings. The molecule has 8 nitrogen and oxygen atoms in total. The van der Waals surface area contributed by atoms with Crippen LogP contribution in [0.2, 0.25) is 0 Å². The van der Waals surface area contributed by atoms with E-state index in [-0.39, 0.29) is 25.4 Å². The quantitative estimate of drug-likeness (QED) is 0.389. The number of nitrogens with one attached hydrogen (secondary N) is 2. The van der Waals surface area contributed by atoms with E-state index in [0.717, 1.165) is 0 Å². The van der Waals surface area contributed by atoms with Crippen molar-refractivity contribution >= 4 is 23.8 Å². The van der Waals surface area contributed by atoms with Crippen molar-refractivity contribution in [3.8, 4) is 0 Å². The van der Waals surface area contributed by atoms with Gasteiger partial charge >= 0.3 is 11.9 Å². The van der Waals surface area contributed by atoms with Crippen LogP contribution in [0.1, 0.15) is 60.3 Å². The first-order chi connectivity index (χ1) is 11.1. The van der Waals surface area contributed by atoms with Gasteiger partial charge < -0.3 is 9.47 Å². The molecule has 0 aromatic rings. The molecule has 1 atom stereocenters. The summed E-state index contributed by atoms with van der Waals surface area (Å²) in [6.07, 6.45) is 1.12. The van der Waals surface area contributed by atoms with E-state index in [0.29, 0.717) is 12.8 Å². The largest absolute Gasteiger partial charge is 0.465 e. The number of amides is 2. The molecule has 0 aliphatic heterocycles. The minimum atomic E-state index is -1.02. The summed E-state index contributed by atoms with van der Waals surface area (Å²) in [6, 6.07) is 0. The van der Waals surface area contributed by atoms with Crippen molar-refractivity contribution in [2.24, 2.45) is 5.92 Å². The van der Waals surface area contributed by atoms with Crippen molar-refractivity contribution in [3.05, 3.63) is 0 Å². The van der Waals surface area contributed by atoms with E-state index in [1.54, 1.807) is 20.8 Å². The summed E-state index contributed by atoms with van der Waals surface area (Å²) in [7, 11) is 0. The molecule has 2 amide bonds. The fraction of sp³-hybridized carbons (Fsp3) is 0.750. The van der Waals surface area contributed by atoms with E-state index in [9.17, 15) is 19.2 Å². The van der Waals surface area contributed by atoms with Gasteiger partial charge in [-0.1, -0.05) is 6.92 Å². The maximum atomic E-state index is 11.7. The Labute approximate surface area is 142 Å². The van der Waals surface area contributed by atoms with Crippen molar-refractivity contribution in [2.45, 2.75) is 65.9 Å². The molecule has 0 spiro atoms. The predicted octanol–water partition coefficient (Wildman–Crippen LogP) is 1.24. The predicted molar refractivity (Wildman–Crippen MR) is 86.4 cm³/mol. The standard InChI is InChI=1S/C16H28N2O6/c1-6-10-23-15(22)11(2)14(21)18-17-12(19)8-7-9-13(20)24-16(3,4)5/h11H,6-10H2,1-5H3,(H,17,19)(H,18,21). The number of hydrogen-bond donors (Lipinski definition) is 2. The van der Waals surface area contributed by atoms with E-state index >= 15 is 0 Å². The van der Waals surface area contributed by atoms with Crippen LogP contribution in [0.4, 0.5) is 0 Å². The molecule has 0 fully saturated rings. The lowest BCUT2D eigenvalue weighted by Crippen LogP contribution is -2.45. The molecule has 24 heavy (non-hydrogen) atoms. The molecule has 0 rings (SSSR count). The third-order valence-corrected chi connectivity index (χ3v) is 2.73. The topological polar surface area (TPSA) is 111 Å². The Morgan fingerprint density at radius 1 is 1.04 bits per heavy atom. The van der Waals surface area contributed by atoms with Gasteiger partial charge in [0, 0.05) is 12.8 Å². The van der Waals surface area contributed by atoms with Gasteiger partial charge in [-0.25, -0.2) is 0 Å². The number of hydrazine groups is 1. The second-order valence-electron chi connectivity index (χ2n) is 6.37. The Bertz CT molecular complexity index is 456. The Balaban J connectivity index is 3.99. The zero-order valence-electron chi connectivity index (χ0n) is 15.1. The highest BCUT2D eigenvalue weighted by Crippen LogP contribution is 2.09. The van der Waals surface area contributed by atoms with E-state index < -0.39 is 29.3 Å². The molecular weight excluding hydrogens is 316 g/mol. The van der Waals surface area contributed by atoms with Gasteiger partial charge in [-0.3, -0.25) is 30.0 Å². The van der Waals surface area contributed by atoms with Gasteiger partial charge in [-0.15, -0.1) is 0 Å². The normalized spacial score (nSPS) is 12.0. The lowest BCUT2D eigenvalue weighted by molar-refractivity contribution is -0.155. The molecule has 138 valence electrons. The summed E-state index contributed by atoms with van der Waals surface area (Å²) >= 11 is 0. The van der Waals surface area contributed by atoms with E-state index in [2.05, 4.69) is 10.9 Å². The first-order valence-electron chi connectivity index (χ1n) is 8.04. The smallest absolute Gasteiger partial charge is 0.318 e. The van der Waals surface area contributed by atoms with Crippen LogP contribution in [0.3, 0.4) is 0 Å². The SMILES string of the molecule is CCCOC(=O)C(C)C(=O)NNC(=O)CCCC(=O)OC(C)(C)C. The molecule has 0 aliphatic carbocycles. The molecule has 0 bridgehead atoms. The summed E-state index contributed by atoms with van der Waals surface area (Å²) < 4.78 is 9.96. The summed E-state index contributed by atoms with van der Waals surface area (Å²) in [5.41, 5.74) is 3.80. The Morgan fingerprint density at radius 2 is 1.67 bits per heavy atom. The van der Waals surface area contributed by atoms with Crippen molar-refractivity contribution in [2.75, 3.05) is 6.61 Å². The molecule has 1 unspecified atom stereocenters. The third-order valence-electron chi connectivity index (χ3n) is 2.73. The van der Waals surface area contributed by atoms with Crippen molar-refractivity contribution in [3.63, 3.8) is 0 Å². The van der Waals surface area contributed by atoms with Crippen LogP contribution in [0, 0.1) is 5.92 Å². The van der Waals surface area contributed by atoms with Gasteiger partial charge in [-0.05, 0) is 40.5 Å². The summed E-state index contributed by atoms with van der Waals surface area (Å²) in [5.74, 6) is -3.16. The highest BCUT2D eigenvalue weighted by atomic mass is 16.6. The molecule has 0 aromatic heterocycles. The van der Waals surface area contributed by atoms with Crippen molar-refractivity contribution < 1.29 is 28.7 Å². The number of carbonyl (C=O) groups is 4. The third kappa shape index (κ3) is 10.6. The van der Waals surface area contributed by atoms with Crippen molar-refractivity contribution in [1.82, 2.24) is 10.9 Å². The van der Waals surface area contributed by atoms with Crippen LogP contribution >= 0.6 is 0 Å². The number of carbonyl (C=O) groups excluding carboxylic acids is 4. The minimum absolute atomic E-state index is 0.0498. The maximum Gasteiger partial charge on any atom is 0.318 e. The van der Waals surface area contributed by atoms with Crippen LogP contribution in [0.5, 0.6) is 0 Å². The summed E-state index contributed by atoms with van der Waals surface area (Å²) in [6.45, 7) is 8.77. The van der Waals surface area contributed by atoms with Gasteiger partial charge in [0.05, 0.1) is 6.61 Å². The number of ether oxygens (including phenoxy) is 2. The van der Waals surface area contributed by atoms with E-state index in [1.807, 2.05) is 6.92 Å². The minimum Gasteiger partial charge on any atom is -0.465 e. The molecule has 0 aromatic carbocycles. The van der Waals surface area contributed by atoms with Crippen LogP contribution in [0.15, 0.2) is 0 Å². The second kappa shape index (κ2) is 10.6. The lowest BCUT2D eigenvalue weighted by Gasteiger charge is -2.19. The molecule has 0 saturated carbocycles. The molecular formula is C16H28N2O6. The zero-order valence-corrected chi connectivity index (χ0v) is 15.1. The fourth-order valence-corrected chi connectivity index (χ4v) is 1.52. The van der Waals surface area contributed by atoms with Crippen LogP contribution < -0.4 is 10.9 Å². The van der Waals surface area contributed by atoms with Crippen LogP contribution in [-0.2, 0) is 28.7 Å². The van der Waals surface area contributed by atoms with Crippen LogP contribution in [-0.4, -0.2) is 36.0 Å². The van der Waals surface area contributed by atoms with Crippen molar-refractivity contribution in [1.29, 1.82) is 0 Å². The number of esters is 2. The van der Waals surface area contributed by atoms with Gasteiger partial charge in [0.2, 0.25) is 5.91 Å². The van der Waals surface area contributed by atoms with Crippen LogP contribution in [0.25, 0.3) is 0 Å². The molecule has 2 N–H and O–H groups in total. The Morgan fingerprint density at radius 3 is 2.21 bits per heavy atom. The zero-order chi connectivity index (χ0) is 18.8. The van der Waals surface area contributed by atoms with Gasteiger partial charge in [0.15, 0.2) is 0 Å². The number of rotatable bonds is 8. The van der Waals surface area contributed by atoms with E-state index in [4.69, 9.17) is 9.47 Å². The van der Waals surface area contributed by atoms with Gasteiger partial charge in [0.25, 0.3) is 5.91 Å². The first-order valence-corrected chi connectivity index (χ1v) is 8.04. The lowest BCUT2D eigenvalue weighted by atomic mass is 10.2. The van der Waals surface area contributed by atoms with E-state index in [1.165, 1.54) is 6.92 Å². The average molecular weight is 344 g/mol. The fourth-order valence-electron chi connectivity index (χ4n) is 1.52. The second-order valence-corrected chi connectivity index (χ2v) is 6.37.